The summed E-state index contributed by atoms with van der Waals surface area (Å²) < 4.78 is 7.83. The maximum atomic E-state index is 5.77. The molecule has 3 aromatic rings. The number of hydrogen-bond acceptors (Lipinski definition) is 5. The van der Waals surface area contributed by atoms with Gasteiger partial charge in [-0.3, -0.25) is 4.40 Å². The molecule has 1 aliphatic heterocycles. The lowest BCUT2D eigenvalue weighted by Gasteiger charge is -2.19. The van der Waals surface area contributed by atoms with E-state index in [9.17, 15) is 0 Å². The fourth-order valence-electron chi connectivity index (χ4n) is 4.03. The van der Waals surface area contributed by atoms with Crippen LogP contribution in [0.3, 0.4) is 0 Å². The van der Waals surface area contributed by atoms with Gasteiger partial charge in [-0.25, -0.2) is 9.97 Å². The van der Waals surface area contributed by atoms with Crippen molar-refractivity contribution in [3.8, 4) is 17.1 Å². The van der Waals surface area contributed by atoms with Crippen LogP contribution < -0.4 is 15.4 Å². The summed E-state index contributed by atoms with van der Waals surface area (Å²) >= 11 is 0. The Labute approximate surface area is 159 Å². The fraction of sp³-hybridized carbons (Fsp3) is 0.429. The minimum atomic E-state index is 0.145. The molecule has 6 nitrogen and oxygen atoms in total. The molecule has 6 heteroatoms. The maximum absolute atomic E-state index is 5.77. The molecule has 2 fully saturated rings. The van der Waals surface area contributed by atoms with Gasteiger partial charge in [-0.2, -0.15) is 0 Å². The Bertz CT molecular complexity index is 976. The van der Waals surface area contributed by atoms with E-state index in [1.807, 2.05) is 44.4 Å². The van der Waals surface area contributed by atoms with E-state index in [0.29, 0.717) is 11.5 Å². The lowest BCUT2D eigenvalue weighted by Crippen LogP contribution is -2.29. The van der Waals surface area contributed by atoms with Crippen LogP contribution >= 0.6 is 0 Å². The van der Waals surface area contributed by atoms with Gasteiger partial charge in [0.15, 0.2) is 0 Å². The van der Waals surface area contributed by atoms with Crippen LogP contribution in [-0.4, -0.2) is 39.6 Å². The van der Waals surface area contributed by atoms with Crippen molar-refractivity contribution in [3.63, 3.8) is 0 Å². The molecule has 0 bridgehead atoms. The largest absolute Gasteiger partial charge is 0.491 e. The highest BCUT2D eigenvalue weighted by molar-refractivity contribution is 5.63. The molecule has 1 atom stereocenters. The molecular weight excluding hydrogens is 338 g/mol. The summed E-state index contributed by atoms with van der Waals surface area (Å²) in [7, 11) is 0. The average molecular weight is 363 g/mol. The molecule has 1 saturated heterocycles. The summed E-state index contributed by atoms with van der Waals surface area (Å²) in [4.78, 5) is 9.40. The van der Waals surface area contributed by atoms with Crippen LogP contribution in [0.4, 0.5) is 5.82 Å². The van der Waals surface area contributed by atoms with Crippen molar-refractivity contribution in [1.82, 2.24) is 19.7 Å². The number of fused-ring (bicyclic) bond motifs is 1. The Balaban J connectivity index is 1.43. The quantitative estimate of drug-likeness (QED) is 0.728. The van der Waals surface area contributed by atoms with Gasteiger partial charge in [-0.1, -0.05) is 6.07 Å². The van der Waals surface area contributed by atoms with Gasteiger partial charge < -0.3 is 15.4 Å². The summed E-state index contributed by atoms with van der Waals surface area (Å²) in [6, 6.07) is 10.6. The van der Waals surface area contributed by atoms with Crippen molar-refractivity contribution in [2.45, 2.75) is 38.8 Å². The summed E-state index contributed by atoms with van der Waals surface area (Å²) in [5.41, 5.74) is 3.21. The number of imidazole rings is 1. The molecule has 1 spiro atoms. The van der Waals surface area contributed by atoms with E-state index in [-0.39, 0.29) is 6.10 Å². The molecule has 3 aromatic heterocycles. The van der Waals surface area contributed by atoms with Gasteiger partial charge in [-0.15, -0.1) is 0 Å². The smallest absolute Gasteiger partial charge is 0.140 e. The van der Waals surface area contributed by atoms with E-state index >= 15 is 0 Å². The predicted molar refractivity (Wildman–Crippen MR) is 106 cm³/mol. The van der Waals surface area contributed by atoms with Crippen LogP contribution in [0.5, 0.6) is 5.75 Å². The van der Waals surface area contributed by atoms with Gasteiger partial charge in [-0.05, 0) is 44.9 Å². The van der Waals surface area contributed by atoms with Crippen LogP contribution in [0.1, 0.15) is 26.7 Å². The molecule has 0 amide bonds. The lowest BCUT2D eigenvalue weighted by atomic mass is 10.0. The second-order valence-corrected chi connectivity index (χ2v) is 8.00. The molecule has 27 heavy (non-hydrogen) atoms. The first-order valence-electron chi connectivity index (χ1n) is 9.71. The van der Waals surface area contributed by atoms with E-state index < -0.39 is 0 Å². The van der Waals surface area contributed by atoms with Crippen molar-refractivity contribution < 1.29 is 4.74 Å². The topological polar surface area (TPSA) is 63.5 Å². The van der Waals surface area contributed by atoms with Crippen molar-refractivity contribution in [1.29, 1.82) is 0 Å². The number of ether oxygens (including phenoxy) is 1. The highest BCUT2D eigenvalue weighted by Crippen LogP contribution is 2.51. The van der Waals surface area contributed by atoms with Crippen LogP contribution in [0.15, 0.2) is 42.7 Å². The second kappa shape index (κ2) is 6.23. The third-order valence-electron chi connectivity index (χ3n) is 5.65. The molecule has 5 rings (SSSR count). The SMILES string of the molecule is CC(C)Oc1ccn2c(-c3cccc(NC4CNCC45CC5)n3)cnc2c1. The van der Waals surface area contributed by atoms with Crippen LogP contribution in [0.25, 0.3) is 17.0 Å². The summed E-state index contributed by atoms with van der Waals surface area (Å²) in [5.74, 6) is 1.77. The van der Waals surface area contributed by atoms with Gasteiger partial charge in [0, 0.05) is 36.8 Å². The first-order valence-corrected chi connectivity index (χ1v) is 9.71. The van der Waals surface area contributed by atoms with Crippen molar-refractivity contribution in [2.75, 3.05) is 18.4 Å². The minimum absolute atomic E-state index is 0.145. The molecule has 0 aromatic carbocycles. The highest BCUT2D eigenvalue weighted by atomic mass is 16.5. The summed E-state index contributed by atoms with van der Waals surface area (Å²) in [6.45, 7) is 6.18. The zero-order chi connectivity index (χ0) is 18.4. The first-order chi connectivity index (χ1) is 13.1. The number of aromatic nitrogens is 3. The van der Waals surface area contributed by atoms with Crippen LogP contribution in [0.2, 0.25) is 0 Å². The Morgan fingerprint density at radius 2 is 2.19 bits per heavy atom. The van der Waals surface area contributed by atoms with Gasteiger partial charge in [0.2, 0.25) is 0 Å². The molecule has 2 aliphatic rings. The first kappa shape index (κ1) is 16.6. The number of nitrogens with one attached hydrogen (secondary N) is 2. The Kier molecular flexibility index (Phi) is 3.82. The van der Waals surface area contributed by atoms with Crippen molar-refractivity contribution >= 4 is 11.5 Å². The zero-order valence-corrected chi connectivity index (χ0v) is 15.8. The third kappa shape index (κ3) is 3.04. The predicted octanol–water partition coefficient (Wildman–Crippen LogP) is 3.35. The second-order valence-electron chi connectivity index (χ2n) is 8.00. The molecule has 1 unspecified atom stereocenters. The molecule has 140 valence electrons. The van der Waals surface area contributed by atoms with Crippen molar-refractivity contribution in [2.24, 2.45) is 5.41 Å². The Hall–Kier alpha value is -2.60. The van der Waals surface area contributed by atoms with Gasteiger partial charge >= 0.3 is 0 Å². The maximum Gasteiger partial charge on any atom is 0.140 e. The monoisotopic (exact) mass is 363 g/mol. The van der Waals surface area contributed by atoms with E-state index in [1.54, 1.807) is 0 Å². The van der Waals surface area contributed by atoms with Gasteiger partial charge in [0.1, 0.15) is 17.2 Å². The molecule has 1 aliphatic carbocycles. The van der Waals surface area contributed by atoms with E-state index in [2.05, 4.69) is 32.2 Å². The van der Waals surface area contributed by atoms with Crippen LogP contribution in [-0.2, 0) is 0 Å². The Morgan fingerprint density at radius 1 is 1.30 bits per heavy atom. The van der Waals surface area contributed by atoms with Crippen LogP contribution in [0, 0.1) is 5.41 Å². The number of pyridine rings is 2. The normalized spacial score (nSPS) is 20.5. The molecule has 1 saturated carbocycles. The average Bonchev–Trinajstić information content (AvgIpc) is 3.15. The van der Waals surface area contributed by atoms with Crippen molar-refractivity contribution in [3.05, 3.63) is 42.7 Å². The number of rotatable bonds is 5. The number of anilines is 1. The van der Waals surface area contributed by atoms with E-state index in [4.69, 9.17) is 9.72 Å². The standard InChI is InChI=1S/C21H25N5O/c1-14(2)27-15-6-9-26-17(11-23-20(26)10-15)16-4-3-5-19(24-16)25-18-12-22-13-21(18)7-8-21/h3-6,9-11,14,18,22H,7-8,12-13H2,1-2H3,(H,24,25). The molecule has 0 radical (unpaired) electrons. The number of hydrogen-bond donors (Lipinski definition) is 2. The fourth-order valence-corrected chi connectivity index (χ4v) is 4.03. The highest BCUT2D eigenvalue weighted by Gasteiger charge is 2.52. The minimum Gasteiger partial charge on any atom is -0.491 e. The zero-order valence-electron chi connectivity index (χ0n) is 15.8. The molecule has 4 heterocycles. The van der Waals surface area contributed by atoms with E-state index in [0.717, 1.165) is 41.7 Å². The van der Waals surface area contributed by atoms with Gasteiger partial charge in [0.05, 0.1) is 23.7 Å². The summed E-state index contributed by atoms with van der Waals surface area (Å²) in [6.07, 6.45) is 6.64. The molecule has 2 N–H and O–H groups in total. The number of nitrogens with zero attached hydrogens (tertiary/aromatic N) is 3. The molecular formula is C21H25N5O. The lowest BCUT2D eigenvalue weighted by molar-refractivity contribution is 0.242. The van der Waals surface area contributed by atoms with Gasteiger partial charge in [0.25, 0.3) is 0 Å². The van der Waals surface area contributed by atoms with E-state index in [1.165, 1.54) is 12.8 Å². The Morgan fingerprint density at radius 3 is 3.00 bits per heavy atom. The summed E-state index contributed by atoms with van der Waals surface area (Å²) in [5, 5.41) is 7.17. The third-order valence-corrected chi connectivity index (χ3v) is 5.65.